The van der Waals surface area contributed by atoms with Gasteiger partial charge in [-0.05, 0) is 6.42 Å². The third-order valence-corrected chi connectivity index (χ3v) is 1.39. The van der Waals surface area contributed by atoms with E-state index in [4.69, 9.17) is 10.2 Å². The van der Waals surface area contributed by atoms with Gasteiger partial charge in [0.05, 0.1) is 6.61 Å². The van der Waals surface area contributed by atoms with E-state index < -0.39 is 0 Å². The van der Waals surface area contributed by atoms with Crippen LogP contribution in [0.4, 0.5) is 0 Å². The molecule has 0 saturated heterocycles. The molecule has 0 aromatic carbocycles. The zero-order valence-electron chi connectivity index (χ0n) is 3.97. The molecule has 0 fully saturated rings. The van der Waals surface area contributed by atoms with E-state index in [0.29, 0.717) is 6.42 Å². The van der Waals surface area contributed by atoms with Gasteiger partial charge >= 0.3 is 0 Å². The summed E-state index contributed by atoms with van der Waals surface area (Å²) in [5.74, 6) is 0. The molecule has 0 aliphatic rings. The van der Waals surface area contributed by atoms with Gasteiger partial charge in [0.15, 0.2) is 0 Å². The highest BCUT2D eigenvalue weighted by molar-refractivity contribution is 9.09. The van der Waals surface area contributed by atoms with Crippen LogP contribution in [-0.4, -0.2) is 28.3 Å². The van der Waals surface area contributed by atoms with Crippen LogP contribution in [0, 0.1) is 0 Å². The van der Waals surface area contributed by atoms with Crippen molar-refractivity contribution in [2.45, 2.75) is 11.2 Å². The SMILES string of the molecule is OCCC(Br)CO. The number of aliphatic hydroxyl groups is 2. The van der Waals surface area contributed by atoms with Crippen LogP contribution in [0.3, 0.4) is 0 Å². The normalized spacial score (nSPS) is 14.1. The standard InChI is InChI=1S/C4H9BrO2/c5-4(3-7)1-2-6/h4,6-7H,1-3H2. The maximum atomic E-state index is 8.31. The van der Waals surface area contributed by atoms with Gasteiger partial charge < -0.3 is 10.2 Å². The summed E-state index contributed by atoms with van der Waals surface area (Å²) in [7, 11) is 0. The van der Waals surface area contributed by atoms with Crippen LogP contribution >= 0.6 is 15.9 Å². The smallest absolute Gasteiger partial charge is 0.0557 e. The Bertz CT molecular complexity index is 40.7. The molecule has 1 atom stereocenters. The maximum absolute atomic E-state index is 8.31. The Morgan fingerprint density at radius 1 is 1.43 bits per heavy atom. The van der Waals surface area contributed by atoms with Crippen LogP contribution in [0.15, 0.2) is 0 Å². The molecule has 0 radical (unpaired) electrons. The fourth-order valence-electron chi connectivity index (χ4n) is 0.231. The van der Waals surface area contributed by atoms with Gasteiger partial charge in [-0.2, -0.15) is 0 Å². The highest BCUT2D eigenvalue weighted by atomic mass is 79.9. The summed E-state index contributed by atoms with van der Waals surface area (Å²) in [5.41, 5.74) is 0. The molecule has 1 unspecified atom stereocenters. The third kappa shape index (κ3) is 4.25. The average molecular weight is 169 g/mol. The lowest BCUT2D eigenvalue weighted by molar-refractivity contribution is 0.249. The molecule has 0 aliphatic heterocycles. The number of rotatable bonds is 3. The lowest BCUT2D eigenvalue weighted by atomic mass is 10.3. The van der Waals surface area contributed by atoms with Gasteiger partial charge in [-0.15, -0.1) is 0 Å². The quantitative estimate of drug-likeness (QED) is 0.589. The Morgan fingerprint density at radius 2 is 2.00 bits per heavy atom. The highest BCUT2D eigenvalue weighted by Gasteiger charge is 1.97. The van der Waals surface area contributed by atoms with E-state index in [9.17, 15) is 0 Å². The van der Waals surface area contributed by atoms with Gasteiger partial charge in [-0.25, -0.2) is 0 Å². The molecule has 7 heavy (non-hydrogen) atoms. The Kier molecular flexibility index (Phi) is 4.82. The number of aliphatic hydroxyl groups excluding tert-OH is 2. The molecule has 0 bridgehead atoms. The van der Waals surface area contributed by atoms with Gasteiger partial charge in [0.25, 0.3) is 0 Å². The lowest BCUT2D eigenvalue weighted by Gasteiger charge is -1.99. The number of hydrogen-bond acceptors (Lipinski definition) is 2. The Hall–Kier alpha value is 0.400. The highest BCUT2D eigenvalue weighted by Crippen LogP contribution is 2.00. The van der Waals surface area contributed by atoms with Crippen molar-refractivity contribution in [1.29, 1.82) is 0 Å². The van der Waals surface area contributed by atoms with Crippen LogP contribution in [-0.2, 0) is 0 Å². The lowest BCUT2D eigenvalue weighted by Crippen LogP contribution is -2.05. The first-order valence-electron chi connectivity index (χ1n) is 2.17. The van der Waals surface area contributed by atoms with Crippen LogP contribution in [0.5, 0.6) is 0 Å². The summed E-state index contributed by atoms with van der Waals surface area (Å²) < 4.78 is 0. The van der Waals surface area contributed by atoms with Crippen molar-refractivity contribution < 1.29 is 10.2 Å². The molecule has 0 heterocycles. The van der Waals surface area contributed by atoms with Crippen molar-refractivity contribution in [3.05, 3.63) is 0 Å². The molecule has 0 saturated carbocycles. The molecule has 0 aliphatic carbocycles. The molecule has 2 nitrogen and oxygen atoms in total. The Labute approximate surface area is 51.3 Å². The first-order valence-corrected chi connectivity index (χ1v) is 3.08. The third-order valence-electron chi connectivity index (χ3n) is 0.640. The Morgan fingerprint density at radius 3 is 2.14 bits per heavy atom. The minimum atomic E-state index is 0.0671. The molecule has 0 aromatic heterocycles. The van der Waals surface area contributed by atoms with Crippen LogP contribution in [0.25, 0.3) is 0 Å². The summed E-state index contributed by atoms with van der Waals surface area (Å²) >= 11 is 3.13. The van der Waals surface area contributed by atoms with Crippen molar-refractivity contribution in [2.24, 2.45) is 0 Å². The van der Waals surface area contributed by atoms with Crippen LogP contribution < -0.4 is 0 Å². The van der Waals surface area contributed by atoms with Gasteiger partial charge in [0.1, 0.15) is 0 Å². The van der Waals surface area contributed by atoms with Gasteiger partial charge in [-0.1, -0.05) is 15.9 Å². The predicted octanol–water partition coefficient (Wildman–Crippen LogP) is 0.125. The molecule has 0 amide bonds. The van der Waals surface area contributed by atoms with E-state index in [1.54, 1.807) is 0 Å². The number of alkyl halides is 1. The fraction of sp³-hybridized carbons (Fsp3) is 1.00. The second-order valence-electron chi connectivity index (χ2n) is 1.29. The zero-order valence-corrected chi connectivity index (χ0v) is 5.56. The second kappa shape index (κ2) is 4.56. The second-order valence-corrected chi connectivity index (χ2v) is 2.59. The average Bonchev–Trinajstić information content (AvgIpc) is 1.68. The molecule has 0 spiro atoms. The molecular weight excluding hydrogens is 160 g/mol. The van der Waals surface area contributed by atoms with Crippen molar-refractivity contribution in [1.82, 2.24) is 0 Å². The minimum Gasteiger partial charge on any atom is -0.396 e. The molecular formula is C4H9BrO2. The largest absolute Gasteiger partial charge is 0.396 e. The minimum absolute atomic E-state index is 0.0671. The van der Waals surface area contributed by atoms with E-state index >= 15 is 0 Å². The van der Waals surface area contributed by atoms with Gasteiger partial charge in [0, 0.05) is 11.4 Å². The van der Waals surface area contributed by atoms with E-state index in [1.807, 2.05) is 0 Å². The van der Waals surface area contributed by atoms with Crippen molar-refractivity contribution >= 4 is 15.9 Å². The van der Waals surface area contributed by atoms with Gasteiger partial charge in [0.2, 0.25) is 0 Å². The Balaban J connectivity index is 2.83. The van der Waals surface area contributed by atoms with Gasteiger partial charge in [-0.3, -0.25) is 0 Å². The van der Waals surface area contributed by atoms with Crippen molar-refractivity contribution in [2.75, 3.05) is 13.2 Å². The number of halogens is 1. The first-order chi connectivity index (χ1) is 3.31. The summed E-state index contributed by atoms with van der Waals surface area (Å²) in [4.78, 5) is 0.0671. The molecule has 0 rings (SSSR count). The van der Waals surface area contributed by atoms with E-state index in [0.717, 1.165) is 0 Å². The topological polar surface area (TPSA) is 40.5 Å². The van der Waals surface area contributed by atoms with E-state index in [2.05, 4.69) is 15.9 Å². The monoisotopic (exact) mass is 168 g/mol. The van der Waals surface area contributed by atoms with E-state index in [-0.39, 0.29) is 18.0 Å². The predicted molar refractivity (Wildman–Crippen MR) is 31.5 cm³/mol. The summed E-state index contributed by atoms with van der Waals surface area (Å²) in [6, 6.07) is 0. The van der Waals surface area contributed by atoms with Crippen LogP contribution in [0.1, 0.15) is 6.42 Å². The summed E-state index contributed by atoms with van der Waals surface area (Å²) in [5, 5.41) is 16.5. The molecule has 0 aromatic rings. The maximum Gasteiger partial charge on any atom is 0.0557 e. The fourth-order valence-corrected chi connectivity index (χ4v) is 0.436. The number of hydrogen-bond donors (Lipinski definition) is 2. The summed E-state index contributed by atoms with van der Waals surface area (Å²) in [6.45, 7) is 0.233. The molecule has 2 N–H and O–H groups in total. The first kappa shape index (κ1) is 7.40. The molecule has 44 valence electrons. The summed E-state index contributed by atoms with van der Waals surface area (Å²) in [6.07, 6.45) is 0.622. The van der Waals surface area contributed by atoms with Crippen molar-refractivity contribution in [3.63, 3.8) is 0 Å². The van der Waals surface area contributed by atoms with E-state index in [1.165, 1.54) is 0 Å². The zero-order chi connectivity index (χ0) is 5.70. The van der Waals surface area contributed by atoms with Crippen molar-refractivity contribution in [3.8, 4) is 0 Å². The molecule has 3 heteroatoms. The van der Waals surface area contributed by atoms with Crippen LogP contribution in [0.2, 0.25) is 0 Å².